The van der Waals surface area contributed by atoms with Crippen LogP contribution >= 0.6 is 11.6 Å². The van der Waals surface area contributed by atoms with Gasteiger partial charge in [-0.05, 0) is 75.9 Å². The van der Waals surface area contributed by atoms with Crippen LogP contribution in [0.4, 0.5) is 11.6 Å². The molecule has 1 saturated carbocycles. The number of piperidine rings is 1. The molecule has 1 amide bonds. The van der Waals surface area contributed by atoms with E-state index >= 15 is 0 Å². The van der Waals surface area contributed by atoms with Crippen molar-refractivity contribution in [2.75, 3.05) is 75.0 Å². The van der Waals surface area contributed by atoms with E-state index in [1.165, 1.54) is 4.31 Å². The van der Waals surface area contributed by atoms with E-state index in [9.17, 15) is 18.5 Å². The first-order valence-electron chi connectivity index (χ1n) is 18.1. The van der Waals surface area contributed by atoms with E-state index in [-0.39, 0.29) is 29.2 Å². The van der Waals surface area contributed by atoms with Gasteiger partial charge in [0.1, 0.15) is 17.6 Å². The van der Waals surface area contributed by atoms with E-state index in [0.717, 1.165) is 57.4 Å². The molecule has 3 aromatic rings. The first-order chi connectivity index (χ1) is 25.7. The molecule has 0 spiro atoms. The molecule has 3 fully saturated rings. The largest absolute Gasteiger partial charge is 0.477 e. The number of piperazine rings is 1. The lowest BCUT2D eigenvalue weighted by Crippen LogP contribution is -2.49. The topological polar surface area (TPSA) is 178 Å². The third-order valence-corrected chi connectivity index (χ3v) is 12.4. The maximum absolute atomic E-state index is 13.6. The number of sulfonamides is 1. The lowest BCUT2D eigenvalue weighted by Gasteiger charge is -2.36. The average molecular weight is 762 g/mol. The minimum Gasteiger partial charge on any atom is -0.477 e. The highest BCUT2D eigenvalue weighted by atomic mass is 35.5. The maximum Gasteiger partial charge on any atom is 0.269 e. The number of pyridine rings is 1. The molecule has 16 heteroatoms. The second-order valence-electron chi connectivity index (χ2n) is 13.6. The van der Waals surface area contributed by atoms with E-state index < -0.39 is 15.6 Å². The van der Waals surface area contributed by atoms with Crippen LogP contribution in [-0.4, -0.2) is 109 Å². The quantitative estimate of drug-likeness (QED) is 0.244. The Morgan fingerprint density at radius 3 is 2.40 bits per heavy atom. The Labute approximate surface area is 315 Å². The van der Waals surface area contributed by atoms with E-state index in [4.69, 9.17) is 26.3 Å². The molecular formula is C37H44ClN9O5S. The van der Waals surface area contributed by atoms with Crippen molar-refractivity contribution in [3.8, 4) is 17.9 Å². The highest BCUT2D eigenvalue weighted by molar-refractivity contribution is 7.89. The average Bonchev–Trinajstić information content (AvgIpc) is 3.19. The molecule has 2 saturated heterocycles. The van der Waals surface area contributed by atoms with Crippen LogP contribution in [0.2, 0.25) is 5.02 Å². The molecular weight excluding hydrogens is 718 g/mol. The number of nitriles is 2. The second-order valence-corrected chi connectivity index (χ2v) is 16.1. The number of nitrogens with zero attached hydrogens (tertiary/aromatic N) is 8. The number of aromatic nitrogens is 3. The number of hydrogen-bond donors (Lipinski definition) is 1. The molecule has 6 rings (SSSR count). The maximum atomic E-state index is 13.6. The molecule has 0 unspecified atom stereocenters. The summed E-state index contributed by atoms with van der Waals surface area (Å²) in [5.74, 6) is 1.40. The predicted octanol–water partition coefficient (Wildman–Crippen LogP) is 4.34. The third kappa shape index (κ3) is 9.79. The fourth-order valence-electron chi connectivity index (χ4n) is 7.12. The van der Waals surface area contributed by atoms with Crippen molar-refractivity contribution in [2.24, 2.45) is 0 Å². The minimum atomic E-state index is -3.44. The van der Waals surface area contributed by atoms with Gasteiger partial charge in [0.2, 0.25) is 10.0 Å². The van der Waals surface area contributed by atoms with Crippen molar-refractivity contribution < 1.29 is 22.7 Å². The molecule has 1 N–H and O–H groups in total. The summed E-state index contributed by atoms with van der Waals surface area (Å²) in [4.78, 5) is 31.4. The van der Waals surface area contributed by atoms with Crippen LogP contribution in [0.1, 0.15) is 67.7 Å². The van der Waals surface area contributed by atoms with E-state index in [0.29, 0.717) is 74.1 Å². The van der Waals surface area contributed by atoms with Gasteiger partial charge in [0.15, 0.2) is 11.4 Å². The van der Waals surface area contributed by atoms with Crippen molar-refractivity contribution in [3.05, 3.63) is 70.8 Å². The van der Waals surface area contributed by atoms with Crippen LogP contribution in [0.15, 0.2) is 48.9 Å². The second kappa shape index (κ2) is 17.6. The SMILES string of the molecule is N#Cc1ccnc(N2CCN(S(=O)(=O)CCOCCN3CCC(c4cnc(NC(=O)C5(Oc6ccc(C#N)c(Cl)c6)CCCCC5)cn4)CC3)CC2)c1. The van der Waals surface area contributed by atoms with Crippen molar-refractivity contribution in [2.45, 2.75) is 56.5 Å². The van der Waals surface area contributed by atoms with Crippen LogP contribution in [0.3, 0.4) is 0 Å². The van der Waals surface area contributed by atoms with Gasteiger partial charge in [0.25, 0.3) is 5.91 Å². The van der Waals surface area contributed by atoms with Crippen LogP contribution in [-0.2, 0) is 19.6 Å². The summed E-state index contributed by atoms with van der Waals surface area (Å²) in [6, 6.07) is 12.3. The highest BCUT2D eigenvalue weighted by Gasteiger charge is 2.42. The monoisotopic (exact) mass is 761 g/mol. The summed E-state index contributed by atoms with van der Waals surface area (Å²) in [6.45, 7) is 4.79. The van der Waals surface area contributed by atoms with Gasteiger partial charge in [-0.1, -0.05) is 18.0 Å². The van der Waals surface area contributed by atoms with Gasteiger partial charge in [0, 0.05) is 50.9 Å². The van der Waals surface area contributed by atoms with Crippen molar-refractivity contribution in [3.63, 3.8) is 0 Å². The van der Waals surface area contributed by atoms with Gasteiger partial charge in [-0.2, -0.15) is 14.8 Å². The number of ether oxygens (including phenoxy) is 2. The molecule has 2 aliphatic heterocycles. The third-order valence-electron chi connectivity index (χ3n) is 10.2. The number of amides is 1. The Morgan fingerprint density at radius 2 is 1.72 bits per heavy atom. The summed E-state index contributed by atoms with van der Waals surface area (Å²) in [6.07, 6.45) is 10.6. The molecule has 2 aromatic heterocycles. The fourth-order valence-corrected chi connectivity index (χ4v) is 8.63. The highest BCUT2D eigenvalue weighted by Crippen LogP contribution is 2.36. The Hall–Kier alpha value is -4.38. The first kappa shape index (κ1) is 38.3. The zero-order valence-electron chi connectivity index (χ0n) is 29.6. The van der Waals surface area contributed by atoms with E-state index in [1.807, 2.05) is 11.0 Å². The van der Waals surface area contributed by atoms with Crippen molar-refractivity contribution in [1.82, 2.24) is 24.2 Å². The van der Waals surface area contributed by atoms with E-state index in [1.54, 1.807) is 48.9 Å². The zero-order valence-corrected chi connectivity index (χ0v) is 31.2. The summed E-state index contributed by atoms with van der Waals surface area (Å²) < 4.78 is 39.4. The van der Waals surface area contributed by atoms with Crippen LogP contribution in [0, 0.1) is 22.7 Å². The van der Waals surface area contributed by atoms with Gasteiger partial charge >= 0.3 is 0 Å². The molecule has 14 nitrogen and oxygen atoms in total. The minimum absolute atomic E-state index is 0.0631. The summed E-state index contributed by atoms with van der Waals surface area (Å²) in [5, 5.41) is 21.5. The number of nitrogens with one attached hydrogen (secondary N) is 1. The standard InChI is InChI=1S/C37H44ClN9O5S/c38-32-23-31(5-4-30(32)25-40)52-37(9-2-1-3-10-37)36(48)44-34-27-42-33(26-43-34)29-7-12-45(13-8-29)18-19-51-20-21-53(49,50)47-16-14-46(15-17-47)35-22-28(24-39)6-11-41-35/h4-6,11,22-23,26-27,29H,1-3,7-10,12-21H2,(H,43,44,48). The molecule has 3 aliphatic rings. The molecule has 53 heavy (non-hydrogen) atoms. The van der Waals surface area contributed by atoms with E-state index in [2.05, 4.69) is 31.2 Å². The number of halogens is 1. The van der Waals surface area contributed by atoms with Gasteiger partial charge in [-0.25, -0.2) is 18.4 Å². The van der Waals surface area contributed by atoms with Crippen molar-refractivity contribution in [1.29, 1.82) is 10.5 Å². The summed E-state index contributed by atoms with van der Waals surface area (Å²) in [5.41, 5.74) is 0.690. The lowest BCUT2D eigenvalue weighted by molar-refractivity contribution is -0.134. The number of hydrogen-bond acceptors (Lipinski definition) is 12. The van der Waals surface area contributed by atoms with Gasteiger partial charge in [-0.3, -0.25) is 9.78 Å². The van der Waals surface area contributed by atoms with Crippen LogP contribution < -0.4 is 15.0 Å². The Bertz CT molecular complexity index is 1910. The smallest absolute Gasteiger partial charge is 0.269 e. The number of likely N-dealkylation sites (tertiary alicyclic amines) is 1. The van der Waals surface area contributed by atoms with Crippen LogP contribution in [0.5, 0.6) is 5.75 Å². The fraction of sp³-hybridized carbons (Fsp3) is 0.514. The Balaban J connectivity index is 0.899. The van der Waals surface area contributed by atoms with Gasteiger partial charge < -0.3 is 24.6 Å². The number of carbonyl (C=O) groups is 1. The first-order valence-corrected chi connectivity index (χ1v) is 20.1. The molecule has 0 atom stereocenters. The van der Waals surface area contributed by atoms with Crippen LogP contribution in [0.25, 0.3) is 0 Å². The molecule has 1 aliphatic carbocycles. The summed E-state index contributed by atoms with van der Waals surface area (Å²) in [7, 11) is -3.44. The van der Waals surface area contributed by atoms with Gasteiger partial charge in [0.05, 0.1) is 59.3 Å². The number of anilines is 2. The van der Waals surface area contributed by atoms with Crippen molar-refractivity contribution >= 4 is 39.2 Å². The molecule has 0 radical (unpaired) electrons. The van der Waals surface area contributed by atoms with Gasteiger partial charge in [-0.15, -0.1) is 0 Å². The zero-order chi connectivity index (χ0) is 37.3. The molecule has 280 valence electrons. The number of benzene rings is 1. The molecule has 0 bridgehead atoms. The summed E-state index contributed by atoms with van der Waals surface area (Å²) >= 11 is 6.22. The molecule has 4 heterocycles. The lowest BCUT2D eigenvalue weighted by atomic mass is 9.83. The Kier molecular flexibility index (Phi) is 12.8. The normalized spacial score (nSPS) is 18.5. The predicted molar refractivity (Wildman–Crippen MR) is 199 cm³/mol. The molecule has 1 aromatic carbocycles. The number of rotatable bonds is 13. The Morgan fingerprint density at radius 1 is 0.943 bits per heavy atom. The number of carbonyl (C=O) groups excluding carboxylic acids is 1.